The number of pyridine rings is 1. The average Bonchev–Trinajstić information content (AvgIpc) is 3.25. The summed E-state index contributed by atoms with van der Waals surface area (Å²) in [6.07, 6.45) is 1.21. The van der Waals surface area contributed by atoms with Gasteiger partial charge in [0.2, 0.25) is 0 Å². The minimum Gasteiger partial charge on any atom is -0.383 e. The molecule has 2 aromatic heterocycles. The molecule has 0 unspecified atom stereocenters. The van der Waals surface area contributed by atoms with Crippen LogP contribution in [0, 0.1) is 13.8 Å². The highest BCUT2D eigenvalue weighted by atomic mass is 16.5. The van der Waals surface area contributed by atoms with Gasteiger partial charge >= 0.3 is 0 Å². The molecule has 0 radical (unpaired) electrons. The molecule has 6 heteroatoms. The molecular formula is C21H23N3O3. The first-order chi connectivity index (χ1) is 12.9. The Kier molecular flexibility index (Phi) is 4.23. The van der Waals surface area contributed by atoms with Crippen molar-refractivity contribution in [2.45, 2.75) is 39.2 Å². The monoisotopic (exact) mass is 365 g/mol. The molecule has 0 saturated carbocycles. The van der Waals surface area contributed by atoms with E-state index in [0.717, 1.165) is 16.8 Å². The van der Waals surface area contributed by atoms with E-state index >= 15 is 0 Å². The van der Waals surface area contributed by atoms with Crippen LogP contribution in [0.2, 0.25) is 0 Å². The van der Waals surface area contributed by atoms with Gasteiger partial charge in [0.25, 0.3) is 11.6 Å². The summed E-state index contributed by atoms with van der Waals surface area (Å²) in [5.74, 6) is -0.119. The fourth-order valence-corrected chi connectivity index (χ4v) is 3.73. The van der Waals surface area contributed by atoms with Crippen LogP contribution in [0.3, 0.4) is 0 Å². The zero-order chi connectivity index (χ0) is 19.2. The first-order valence-electron chi connectivity index (χ1n) is 9.26. The lowest BCUT2D eigenvalue weighted by Crippen LogP contribution is -2.34. The second-order valence-electron chi connectivity index (χ2n) is 7.34. The highest BCUT2D eigenvalue weighted by molar-refractivity contribution is 6.06. The lowest BCUT2D eigenvalue weighted by Gasteiger charge is -2.24. The van der Waals surface area contributed by atoms with Crippen LogP contribution in [0.4, 0.5) is 0 Å². The minimum absolute atomic E-state index is 0.119. The van der Waals surface area contributed by atoms with Crippen molar-refractivity contribution in [3.8, 4) is 0 Å². The van der Waals surface area contributed by atoms with Gasteiger partial charge in [-0.1, -0.05) is 41.9 Å². The van der Waals surface area contributed by atoms with Crippen LogP contribution in [-0.2, 0) is 12.0 Å². The average molecular weight is 365 g/mol. The Morgan fingerprint density at radius 2 is 2.04 bits per heavy atom. The maximum Gasteiger partial charge on any atom is 0.258 e. The van der Waals surface area contributed by atoms with Crippen LogP contribution in [-0.4, -0.2) is 39.1 Å². The third kappa shape index (κ3) is 3.00. The second kappa shape index (κ2) is 6.46. The van der Waals surface area contributed by atoms with Crippen LogP contribution in [0.5, 0.6) is 0 Å². The Bertz CT molecular complexity index is 1010. The first kappa shape index (κ1) is 17.7. The summed E-state index contributed by atoms with van der Waals surface area (Å²) < 4.78 is 5.28. The molecule has 1 N–H and O–H groups in total. The number of fused-ring (bicyclic) bond motifs is 1. The van der Waals surface area contributed by atoms with Crippen molar-refractivity contribution in [3.63, 3.8) is 0 Å². The molecule has 27 heavy (non-hydrogen) atoms. The van der Waals surface area contributed by atoms with E-state index in [0.29, 0.717) is 41.7 Å². The highest BCUT2D eigenvalue weighted by Crippen LogP contribution is 2.34. The second-order valence-corrected chi connectivity index (χ2v) is 7.34. The maximum absolute atomic E-state index is 13.3. The fraction of sp³-hybridized carbons (Fsp3) is 0.381. The van der Waals surface area contributed by atoms with Crippen molar-refractivity contribution in [2.24, 2.45) is 0 Å². The van der Waals surface area contributed by atoms with Gasteiger partial charge < -0.3 is 14.5 Å². The summed E-state index contributed by atoms with van der Waals surface area (Å²) in [6, 6.07) is 9.66. The number of likely N-dealkylation sites (tertiary alicyclic amines) is 1. The number of amides is 1. The Morgan fingerprint density at radius 3 is 2.74 bits per heavy atom. The molecule has 1 atom stereocenters. The van der Waals surface area contributed by atoms with Gasteiger partial charge in [-0.2, -0.15) is 0 Å². The predicted molar refractivity (Wildman–Crippen MR) is 102 cm³/mol. The van der Waals surface area contributed by atoms with Crippen molar-refractivity contribution >= 4 is 17.0 Å². The van der Waals surface area contributed by atoms with E-state index in [1.165, 1.54) is 0 Å². The first-order valence-corrected chi connectivity index (χ1v) is 9.26. The number of benzene rings is 1. The van der Waals surface area contributed by atoms with E-state index in [2.05, 4.69) is 10.1 Å². The van der Waals surface area contributed by atoms with Gasteiger partial charge in [0.1, 0.15) is 5.60 Å². The molecule has 1 saturated heterocycles. The van der Waals surface area contributed by atoms with E-state index in [1.54, 1.807) is 4.90 Å². The number of β-amino-alcohol motifs (C(OH)–C–C–N with tert-alkyl or cyclic N) is 1. The molecule has 1 fully saturated rings. The number of hydrogen-bond acceptors (Lipinski definition) is 5. The molecule has 1 aromatic carbocycles. The van der Waals surface area contributed by atoms with Crippen LogP contribution >= 0.6 is 0 Å². The number of aliphatic hydroxyl groups is 1. The van der Waals surface area contributed by atoms with Crippen molar-refractivity contribution in [1.82, 2.24) is 15.0 Å². The van der Waals surface area contributed by atoms with Crippen molar-refractivity contribution < 1.29 is 14.4 Å². The van der Waals surface area contributed by atoms with Gasteiger partial charge in [0.15, 0.2) is 0 Å². The zero-order valence-corrected chi connectivity index (χ0v) is 15.8. The number of nitrogens with zero attached hydrogens (tertiary/aromatic N) is 3. The summed E-state index contributed by atoms with van der Waals surface area (Å²) in [5.41, 5.74) is 3.34. The lowest BCUT2D eigenvalue weighted by atomic mass is 9.92. The summed E-state index contributed by atoms with van der Waals surface area (Å²) in [6.45, 7) is 6.57. The van der Waals surface area contributed by atoms with Gasteiger partial charge in [-0.15, -0.1) is 0 Å². The number of carbonyl (C=O) groups excluding carboxylic acids is 1. The maximum atomic E-state index is 13.3. The molecular weight excluding hydrogens is 342 g/mol. The van der Waals surface area contributed by atoms with Crippen LogP contribution < -0.4 is 0 Å². The third-order valence-corrected chi connectivity index (χ3v) is 5.39. The molecule has 1 aliphatic rings. The SMILES string of the molecule is CCc1cc(C(=O)N2CC[C@@](O)(c3ccc(C)cc3)C2)c2c(C)noc2n1. The zero-order valence-electron chi connectivity index (χ0n) is 15.8. The van der Waals surface area contributed by atoms with Crippen LogP contribution in [0.25, 0.3) is 11.1 Å². The number of rotatable bonds is 3. The normalized spacial score (nSPS) is 19.8. The Labute approximate surface area is 157 Å². The lowest BCUT2D eigenvalue weighted by molar-refractivity contribution is 0.0418. The van der Waals surface area contributed by atoms with Gasteiger partial charge in [-0.05, 0) is 38.3 Å². The summed E-state index contributed by atoms with van der Waals surface area (Å²) in [4.78, 5) is 19.4. The fourth-order valence-electron chi connectivity index (χ4n) is 3.73. The van der Waals surface area contributed by atoms with E-state index < -0.39 is 5.60 Å². The minimum atomic E-state index is -1.02. The van der Waals surface area contributed by atoms with Gasteiger partial charge in [0.05, 0.1) is 23.2 Å². The van der Waals surface area contributed by atoms with E-state index in [9.17, 15) is 9.90 Å². The number of hydrogen-bond donors (Lipinski definition) is 1. The molecule has 3 aromatic rings. The Hall–Kier alpha value is -2.73. The molecule has 3 heterocycles. The molecule has 1 aliphatic heterocycles. The van der Waals surface area contributed by atoms with Gasteiger partial charge in [0, 0.05) is 12.2 Å². The van der Waals surface area contributed by atoms with E-state index in [1.807, 2.05) is 51.1 Å². The molecule has 0 aliphatic carbocycles. The van der Waals surface area contributed by atoms with E-state index in [-0.39, 0.29) is 12.5 Å². The quantitative estimate of drug-likeness (QED) is 0.771. The summed E-state index contributed by atoms with van der Waals surface area (Å²) in [5, 5.41) is 15.7. The number of aryl methyl sites for hydroxylation is 3. The standard InChI is InChI=1S/C21H23N3O3/c1-4-16-11-17(18-14(3)23-27-19(18)22-16)20(25)24-10-9-21(26,12-24)15-7-5-13(2)6-8-15/h5-8,11,26H,4,9-10,12H2,1-3H3/t21-/m0/s1. The van der Waals surface area contributed by atoms with Crippen LogP contribution in [0.15, 0.2) is 34.9 Å². The van der Waals surface area contributed by atoms with Crippen LogP contribution in [0.1, 0.15) is 46.2 Å². The predicted octanol–water partition coefficient (Wildman–Crippen LogP) is 3.14. The largest absolute Gasteiger partial charge is 0.383 e. The molecule has 1 amide bonds. The molecule has 140 valence electrons. The molecule has 0 spiro atoms. The Balaban J connectivity index is 1.67. The van der Waals surface area contributed by atoms with E-state index in [4.69, 9.17) is 4.52 Å². The number of carbonyl (C=O) groups is 1. The Morgan fingerprint density at radius 1 is 1.30 bits per heavy atom. The summed E-state index contributed by atoms with van der Waals surface area (Å²) in [7, 11) is 0. The highest BCUT2D eigenvalue weighted by Gasteiger charge is 2.40. The number of aromatic nitrogens is 2. The molecule has 6 nitrogen and oxygen atoms in total. The smallest absolute Gasteiger partial charge is 0.258 e. The topological polar surface area (TPSA) is 79.5 Å². The van der Waals surface area contributed by atoms with Gasteiger partial charge in [-0.25, -0.2) is 4.98 Å². The van der Waals surface area contributed by atoms with Crippen molar-refractivity contribution in [3.05, 3.63) is 58.4 Å². The van der Waals surface area contributed by atoms with Crippen molar-refractivity contribution in [1.29, 1.82) is 0 Å². The third-order valence-electron chi connectivity index (χ3n) is 5.39. The van der Waals surface area contributed by atoms with Gasteiger partial charge in [-0.3, -0.25) is 4.79 Å². The summed E-state index contributed by atoms with van der Waals surface area (Å²) >= 11 is 0. The van der Waals surface area contributed by atoms with Crippen molar-refractivity contribution in [2.75, 3.05) is 13.1 Å². The molecule has 0 bridgehead atoms. The molecule has 4 rings (SSSR count).